The monoisotopic (exact) mass is 688 g/mol. The first kappa shape index (κ1) is 40.2. The Kier molecular flexibility index (Phi) is 14.6. The quantitative estimate of drug-likeness (QED) is 0.149. The van der Waals surface area contributed by atoms with Crippen molar-refractivity contribution in [3.05, 3.63) is 83.5 Å². The molecule has 1 N–H and O–H groups in total. The third kappa shape index (κ3) is 11.2. The Morgan fingerprint density at radius 1 is 0.720 bits per heavy atom. The van der Waals surface area contributed by atoms with E-state index >= 15 is 0 Å². The fraction of sp³-hybridized carbons (Fsp3) is 0.524. The molecule has 6 atom stereocenters. The fourth-order valence-corrected chi connectivity index (χ4v) is 7.17. The van der Waals surface area contributed by atoms with Gasteiger partial charge in [-0.25, -0.2) is 19.2 Å². The molecule has 2 saturated carbocycles. The molecule has 4 rings (SSSR count). The summed E-state index contributed by atoms with van der Waals surface area (Å²) in [5, 5.41) is 9.63. The molecule has 2 fully saturated rings. The maximum atomic E-state index is 12.5. The van der Waals surface area contributed by atoms with Crippen LogP contribution in [0.2, 0.25) is 0 Å². The molecule has 0 saturated heterocycles. The molecule has 2 aliphatic rings. The number of hydrogen-bond donors (Lipinski definition) is 1. The smallest absolute Gasteiger partial charge is 0.338 e. The van der Waals surface area contributed by atoms with Gasteiger partial charge >= 0.3 is 23.9 Å². The molecule has 50 heavy (non-hydrogen) atoms. The second kappa shape index (κ2) is 18.2. The Morgan fingerprint density at radius 2 is 1.22 bits per heavy atom. The van der Waals surface area contributed by atoms with Crippen molar-refractivity contribution in [2.24, 2.45) is 35.5 Å². The van der Waals surface area contributed by atoms with Gasteiger partial charge in [-0.1, -0.05) is 67.5 Å². The highest BCUT2D eigenvalue weighted by Gasteiger charge is 2.35. The summed E-state index contributed by atoms with van der Waals surface area (Å²) < 4.78 is 16.3. The number of hydrogen-bond acceptors (Lipinski definition) is 7. The standard InChI is InChI=1S/2C21H28O4/c1-13(2)18-11-6-15(5)12-19(18)25-21(23)16-7-9-17(10-8-16)24-20(22)14(3)4;1-12(2)16-8-6-14(5)10-18(16)19-11-15(25-21(24)13(3)4)7-9-17(19)20(22)23/h7-10,13,15,18-19H,3,6,11-12H2,1-2,4-5H3;7,9,11-12,14,16,18H,3,6,8,10H2,1-2,4-5H3,(H,22,23). The SMILES string of the molecule is C=C(C)C(=O)Oc1ccc(C(=O)O)c(C2CC(C)CCC2C(C)C)c1.C=C(C)C(=O)Oc1ccc(C(=O)OC2CC(C)CCC2C(C)C)cc1. The fourth-order valence-electron chi connectivity index (χ4n) is 7.17. The van der Waals surface area contributed by atoms with E-state index in [2.05, 4.69) is 54.7 Å². The topological polar surface area (TPSA) is 116 Å². The van der Waals surface area contributed by atoms with Gasteiger partial charge in [-0.15, -0.1) is 0 Å². The number of carboxylic acids is 1. The maximum absolute atomic E-state index is 12.5. The summed E-state index contributed by atoms with van der Waals surface area (Å²) in [6, 6.07) is 11.3. The number of esters is 3. The molecular formula is C42H56O8. The Bertz CT molecular complexity index is 1540. The molecule has 2 aliphatic carbocycles. The third-order valence-electron chi connectivity index (χ3n) is 10.1. The molecule has 2 aromatic carbocycles. The van der Waals surface area contributed by atoms with E-state index in [9.17, 15) is 24.3 Å². The van der Waals surface area contributed by atoms with Crippen molar-refractivity contribution in [1.29, 1.82) is 0 Å². The summed E-state index contributed by atoms with van der Waals surface area (Å²) in [6.45, 7) is 23.5. The summed E-state index contributed by atoms with van der Waals surface area (Å²) in [4.78, 5) is 47.5. The van der Waals surface area contributed by atoms with Crippen LogP contribution in [-0.4, -0.2) is 35.1 Å². The summed E-state index contributed by atoms with van der Waals surface area (Å²) >= 11 is 0. The first-order valence-corrected chi connectivity index (χ1v) is 17.9. The van der Waals surface area contributed by atoms with Crippen LogP contribution in [0.5, 0.6) is 11.5 Å². The molecule has 272 valence electrons. The molecule has 0 bridgehead atoms. The van der Waals surface area contributed by atoms with Gasteiger partial charge in [0.1, 0.15) is 17.6 Å². The van der Waals surface area contributed by atoms with Crippen molar-refractivity contribution in [1.82, 2.24) is 0 Å². The van der Waals surface area contributed by atoms with Gasteiger partial charge in [0.25, 0.3) is 0 Å². The zero-order valence-electron chi connectivity index (χ0n) is 31.1. The molecule has 8 heteroatoms. The molecule has 8 nitrogen and oxygen atoms in total. The first-order chi connectivity index (χ1) is 23.5. The molecule has 0 aliphatic heterocycles. The number of carbonyl (C=O) groups excluding carboxylic acids is 3. The molecule has 0 amide bonds. The van der Waals surface area contributed by atoms with Gasteiger partial charge in [0.15, 0.2) is 0 Å². The Labute approximate surface area is 298 Å². The van der Waals surface area contributed by atoms with Gasteiger partial charge in [0, 0.05) is 11.1 Å². The normalized spacial score (nSPS) is 23.2. The maximum Gasteiger partial charge on any atom is 0.338 e. The zero-order valence-corrected chi connectivity index (χ0v) is 31.1. The van der Waals surface area contributed by atoms with Gasteiger partial charge in [-0.05, 0) is 129 Å². The van der Waals surface area contributed by atoms with E-state index in [1.54, 1.807) is 56.3 Å². The number of ether oxygens (including phenoxy) is 3. The lowest BCUT2D eigenvalue weighted by atomic mass is 9.67. The van der Waals surface area contributed by atoms with Crippen molar-refractivity contribution in [3.8, 4) is 11.5 Å². The number of benzene rings is 2. The lowest BCUT2D eigenvalue weighted by Crippen LogP contribution is -2.35. The summed E-state index contributed by atoms with van der Waals surface area (Å²) in [7, 11) is 0. The average Bonchev–Trinajstić information content (AvgIpc) is 3.04. The minimum absolute atomic E-state index is 0.0304. The first-order valence-electron chi connectivity index (χ1n) is 17.9. The van der Waals surface area contributed by atoms with E-state index in [0.29, 0.717) is 69.3 Å². The van der Waals surface area contributed by atoms with Crippen LogP contribution in [0.25, 0.3) is 0 Å². The molecule has 0 spiro atoms. The zero-order chi connectivity index (χ0) is 37.3. The molecule has 0 radical (unpaired) electrons. The van der Waals surface area contributed by atoms with Crippen molar-refractivity contribution in [2.45, 2.75) is 106 Å². The summed E-state index contributed by atoms with van der Waals surface area (Å²) in [5.41, 5.74) is 2.20. The Morgan fingerprint density at radius 3 is 1.74 bits per heavy atom. The van der Waals surface area contributed by atoms with Crippen LogP contribution in [0.4, 0.5) is 0 Å². The lowest BCUT2D eigenvalue weighted by Gasteiger charge is -2.38. The average molecular weight is 689 g/mol. The van der Waals surface area contributed by atoms with Crippen LogP contribution in [-0.2, 0) is 14.3 Å². The van der Waals surface area contributed by atoms with Crippen LogP contribution in [0.1, 0.15) is 126 Å². The van der Waals surface area contributed by atoms with E-state index in [1.165, 1.54) is 12.8 Å². The molecule has 0 heterocycles. The largest absolute Gasteiger partial charge is 0.478 e. The van der Waals surface area contributed by atoms with Crippen LogP contribution in [0.15, 0.2) is 66.8 Å². The number of carboxylic acid groups (broad SMARTS) is 1. The van der Waals surface area contributed by atoms with E-state index in [0.717, 1.165) is 31.2 Å². The van der Waals surface area contributed by atoms with Crippen molar-refractivity contribution >= 4 is 23.9 Å². The predicted molar refractivity (Wildman–Crippen MR) is 195 cm³/mol. The summed E-state index contributed by atoms with van der Waals surface area (Å²) in [6.07, 6.45) is 6.41. The lowest BCUT2D eigenvalue weighted by molar-refractivity contribution is -0.130. The van der Waals surface area contributed by atoms with Gasteiger partial charge in [-0.3, -0.25) is 0 Å². The molecule has 6 unspecified atom stereocenters. The van der Waals surface area contributed by atoms with E-state index in [4.69, 9.17) is 14.2 Å². The molecular weight excluding hydrogens is 632 g/mol. The van der Waals surface area contributed by atoms with Crippen molar-refractivity contribution in [3.63, 3.8) is 0 Å². The second-order valence-electron chi connectivity index (χ2n) is 15.1. The second-order valence-corrected chi connectivity index (χ2v) is 15.1. The highest BCUT2D eigenvalue weighted by Crippen LogP contribution is 2.45. The minimum Gasteiger partial charge on any atom is -0.478 e. The molecule has 2 aromatic rings. The number of rotatable bonds is 10. The van der Waals surface area contributed by atoms with Gasteiger partial charge in [-0.2, -0.15) is 0 Å². The highest BCUT2D eigenvalue weighted by molar-refractivity contribution is 5.92. The third-order valence-corrected chi connectivity index (χ3v) is 10.1. The van der Waals surface area contributed by atoms with E-state index in [1.807, 2.05) is 0 Å². The van der Waals surface area contributed by atoms with Gasteiger partial charge < -0.3 is 19.3 Å². The number of carbonyl (C=O) groups is 4. The van der Waals surface area contributed by atoms with Crippen LogP contribution in [0.3, 0.4) is 0 Å². The van der Waals surface area contributed by atoms with Crippen LogP contribution < -0.4 is 9.47 Å². The van der Waals surface area contributed by atoms with Crippen LogP contribution >= 0.6 is 0 Å². The van der Waals surface area contributed by atoms with E-state index < -0.39 is 17.9 Å². The Hall–Kier alpha value is -4.20. The molecule has 0 aromatic heterocycles. The van der Waals surface area contributed by atoms with Gasteiger partial charge in [0.2, 0.25) is 0 Å². The predicted octanol–water partition coefficient (Wildman–Crippen LogP) is 9.83. The van der Waals surface area contributed by atoms with Crippen LogP contribution in [0, 0.1) is 35.5 Å². The minimum atomic E-state index is -0.937. The Balaban J connectivity index is 0.000000270. The summed E-state index contributed by atoms with van der Waals surface area (Å²) in [5.74, 6) is 1.66. The number of aromatic carboxylic acids is 1. The van der Waals surface area contributed by atoms with E-state index in [-0.39, 0.29) is 18.0 Å². The van der Waals surface area contributed by atoms with Crippen molar-refractivity contribution in [2.75, 3.05) is 0 Å². The highest BCUT2D eigenvalue weighted by atomic mass is 16.5. The van der Waals surface area contributed by atoms with Gasteiger partial charge in [0.05, 0.1) is 11.1 Å². The van der Waals surface area contributed by atoms with Crippen molar-refractivity contribution < 1.29 is 38.5 Å².